The summed E-state index contributed by atoms with van der Waals surface area (Å²) in [7, 11) is -3.85. The van der Waals surface area contributed by atoms with Crippen LogP contribution in [0.4, 0.5) is 0 Å². The number of hydrogen-bond acceptors (Lipinski definition) is 5. The lowest BCUT2D eigenvalue weighted by molar-refractivity contribution is 0.0519. The molecule has 29 heavy (non-hydrogen) atoms. The number of aryl methyl sites for hydroxylation is 2. The molecule has 0 unspecified atom stereocenters. The van der Waals surface area contributed by atoms with Gasteiger partial charge in [-0.2, -0.15) is 4.31 Å². The highest BCUT2D eigenvalue weighted by atomic mass is 32.2. The second-order valence-electron chi connectivity index (χ2n) is 6.91. The van der Waals surface area contributed by atoms with Crippen LogP contribution in [0, 0.1) is 20.8 Å². The van der Waals surface area contributed by atoms with E-state index in [0.717, 1.165) is 5.56 Å². The molecule has 0 aliphatic carbocycles. The molecular weight excluding hydrogens is 392 g/mol. The van der Waals surface area contributed by atoms with E-state index < -0.39 is 22.0 Å². The third-order valence-corrected chi connectivity index (χ3v) is 6.97. The molecule has 0 radical (unpaired) electrons. The number of aromatic amines is 1. The number of ketones is 1. The lowest BCUT2D eigenvalue weighted by Crippen LogP contribution is -2.43. The van der Waals surface area contributed by atoms with Crippen molar-refractivity contribution < 1.29 is 22.7 Å². The van der Waals surface area contributed by atoms with E-state index in [1.54, 1.807) is 46.8 Å². The maximum atomic E-state index is 13.2. The standard InChI is InChI=1S/C21H28N2O5S/c1-7-23(29(26,27)17-11-9-13(3)10-12-17)16(6)20(24)18-14(4)19(22-15(18)5)21(25)28-8-2/h9-12,16,22H,7-8H2,1-6H3/t16-/m1/s1. The van der Waals surface area contributed by atoms with E-state index in [-0.39, 0.29) is 29.5 Å². The molecule has 0 fully saturated rings. The van der Waals surface area contributed by atoms with Gasteiger partial charge in [0.15, 0.2) is 5.78 Å². The molecule has 158 valence electrons. The summed E-state index contributed by atoms with van der Waals surface area (Å²) in [6.45, 7) is 10.5. The number of benzene rings is 1. The number of rotatable bonds is 8. The highest BCUT2D eigenvalue weighted by Gasteiger charge is 2.34. The number of carbonyl (C=O) groups is 2. The van der Waals surface area contributed by atoms with Gasteiger partial charge >= 0.3 is 5.97 Å². The third kappa shape index (κ3) is 4.43. The number of Topliss-reactive ketones (excluding diaryl/α,β-unsaturated/α-hetero) is 1. The largest absolute Gasteiger partial charge is 0.461 e. The fraction of sp³-hybridized carbons (Fsp3) is 0.429. The van der Waals surface area contributed by atoms with Gasteiger partial charge in [-0.3, -0.25) is 4.79 Å². The molecule has 0 saturated carbocycles. The van der Waals surface area contributed by atoms with Gasteiger partial charge in [-0.15, -0.1) is 0 Å². The predicted molar refractivity (Wildman–Crippen MR) is 111 cm³/mol. The first-order chi connectivity index (χ1) is 13.6. The van der Waals surface area contributed by atoms with Gasteiger partial charge in [0.1, 0.15) is 5.69 Å². The van der Waals surface area contributed by atoms with Gasteiger partial charge in [0.2, 0.25) is 10.0 Å². The summed E-state index contributed by atoms with van der Waals surface area (Å²) in [5.41, 5.74) is 2.44. The number of likely N-dealkylation sites (N-methyl/N-ethyl adjacent to an activating group) is 1. The zero-order valence-electron chi connectivity index (χ0n) is 17.7. The van der Waals surface area contributed by atoms with Crippen molar-refractivity contribution in [3.8, 4) is 0 Å². The van der Waals surface area contributed by atoms with Crippen molar-refractivity contribution >= 4 is 21.8 Å². The number of H-pyrrole nitrogens is 1. The molecule has 2 aromatic rings. The highest BCUT2D eigenvalue weighted by Crippen LogP contribution is 2.25. The summed E-state index contributed by atoms with van der Waals surface area (Å²) in [6, 6.07) is 5.58. The van der Waals surface area contributed by atoms with Crippen molar-refractivity contribution in [1.82, 2.24) is 9.29 Å². The summed E-state index contributed by atoms with van der Waals surface area (Å²) in [6.07, 6.45) is 0. The number of sulfonamides is 1. The number of nitrogens with zero attached hydrogens (tertiary/aromatic N) is 1. The Kier molecular flexibility index (Phi) is 7.02. The average Bonchev–Trinajstić information content (AvgIpc) is 2.96. The Morgan fingerprint density at radius 2 is 1.69 bits per heavy atom. The first-order valence-electron chi connectivity index (χ1n) is 9.55. The Balaban J connectivity index is 2.42. The van der Waals surface area contributed by atoms with Crippen molar-refractivity contribution in [2.45, 2.75) is 52.5 Å². The van der Waals surface area contributed by atoms with Gasteiger partial charge in [-0.25, -0.2) is 13.2 Å². The number of hydrogen-bond donors (Lipinski definition) is 1. The maximum Gasteiger partial charge on any atom is 0.355 e. The first-order valence-corrected chi connectivity index (χ1v) is 11.0. The van der Waals surface area contributed by atoms with Crippen molar-refractivity contribution in [3.63, 3.8) is 0 Å². The summed E-state index contributed by atoms with van der Waals surface area (Å²) in [5.74, 6) is -0.913. The van der Waals surface area contributed by atoms with Crippen LogP contribution in [0.2, 0.25) is 0 Å². The van der Waals surface area contributed by atoms with E-state index in [9.17, 15) is 18.0 Å². The van der Waals surface area contributed by atoms with E-state index in [2.05, 4.69) is 4.98 Å². The number of esters is 1. The maximum absolute atomic E-state index is 13.2. The van der Waals surface area contributed by atoms with E-state index in [1.165, 1.54) is 16.4 Å². The summed E-state index contributed by atoms with van der Waals surface area (Å²) in [4.78, 5) is 28.4. The van der Waals surface area contributed by atoms with E-state index in [4.69, 9.17) is 4.74 Å². The molecule has 2 rings (SSSR count). The normalized spacial score (nSPS) is 12.8. The van der Waals surface area contributed by atoms with Crippen LogP contribution in [0.15, 0.2) is 29.2 Å². The molecule has 0 aliphatic rings. The zero-order chi connectivity index (χ0) is 21.9. The third-order valence-electron chi connectivity index (χ3n) is 4.91. The summed E-state index contributed by atoms with van der Waals surface area (Å²) in [5, 5.41) is 0. The van der Waals surface area contributed by atoms with Gasteiger partial charge < -0.3 is 9.72 Å². The Labute approximate surface area is 172 Å². The van der Waals surface area contributed by atoms with E-state index in [1.807, 2.05) is 6.92 Å². The Morgan fingerprint density at radius 3 is 2.21 bits per heavy atom. The smallest absolute Gasteiger partial charge is 0.355 e. The van der Waals surface area contributed by atoms with Crippen LogP contribution < -0.4 is 0 Å². The number of nitrogens with one attached hydrogen (secondary N) is 1. The molecule has 1 atom stereocenters. The predicted octanol–water partition coefficient (Wildman–Crippen LogP) is 3.40. The van der Waals surface area contributed by atoms with Crippen LogP contribution >= 0.6 is 0 Å². The molecule has 1 aromatic carbocycles. The lowest BCUT2D eigenvalue weighted by Gasteiger charge is -2.26. The second-order valence-corrected chi connectivity index (χ2v) is 8.80. The van der Waals surface area contributed by atoms with Gasteiger partial charge in [0.05, 0.1) is 17.5 Å². The van der Waals surface area contributed by atoms with Crippen LogP contribution in [-0.2, 0) is 14.8 Å². The van der Waals surface area contributed by atoms with E-state index in [0.29, 0.717) is 16.8 Å². The van der Waals surface area contributed by atoms with Gasteiger partial charge in [0.25, 0.3) is 0 Å². The molecule has 8 heteroatoms. The Morgan fingerprint density at radius 1 is 1.10 bits per heavy atom. The Bertz CT molecular complexity index is 1010. The van der Waals surface area contributed by atoms with Crippen molar-refractivity contribution in [1.29, 1.82) is 0 Å². The summed E-state index contributed by atoms with van der Waals surface area (Å²) < 4.78 is 32.4. The molecule has 0 saturated heterocycles. The quantitative estimate of drug-likeness (QED) is 0.521. The second kappa shape index (κ2) is 8.92. The minimum absolute atomic E-state index is 0.135. The molecule has 0 bridgehead atoms. The average molecular weight is 421 g/mol. The molecule has 0 aliphatic heterocycles. The molecule has 1 heterocycles. The lowest BCUT2D eigenvalue weighted by atomic mass is 10.0. The highest BCUT2D eigenvalue weighted by molar-refractivity contribution is 7.89. The Hall–Kier alpha value is -2.45. The zero-order valence-corrected chi connectivity index (χ0v) is 18.5. The fourth-order valence-electron chi connectivity index (χ4n) is 3.36. The minimum Gasteiger partial charge on any atom is -0.461 e. The molecule has 7 nitrogen and oxygen atoms in total. The topological polar surface area (TPSA) is 96.5 Å². The minimum atomic E-state index is -3.85. The number of carbonyl (C=O) groups excluding carboxylic acids is 2. The van der Waals surface area contributed by atoms with Crippen LogP contribution in [0.25, 0.3) is 0 Å². The molecule has 0 spiro atoms. The van der Waals surface area contributed by atoms with Crippen LogP contribution in [-0.4, -0.2) is 48.7 Å². The molecule has 1 aromatic heterocycles. The molecule has 0 amide bonds. The van der Waals surface area contributed by atoms with Crippen LogP contribution in [0.3, 0.4) is 0 Å². The van der Waals surface area contributed by atoms with Crippen LogP contribution in [0.1, 0.15) is 58.4 Å². The van der Waals surface area contributed by atoms with Crippen molar-refractivity contribution in [3.05, 3.63) is 52.3 Å². The van der Waals surface area contributed by atoms with E-state index >= 15 is 0 Å². The molecular formula is C21H28N2O5S. The molecule has 1 N–H and O–H groups in total. The van der Waals surface area contributed by atoms with Crippen molar-refractivity contribution in [2.24, 2.45) is 0 Å². The van der Waals surface area contributed by atoms with Gasteiger partial charge in [0, 0.05) is 17.8 Å². The van der Waals surface area contributed by atoms with Crippen LogP contribution in [0.5, 0.6) is 0 Å². The SMILES string of the molecule is CCOC(=O)c1[nH]c(C)c(C(=O)[C@@H](C)N(CC)S(=O)(=O)c2ccc(C)cc2)c1C. The number of ether oxygens (including phenoxy) is 1. The number of aromatic nitrogens is 1. The first kappa shape index (κ1) is 22.8. The monoisotopic (exact) mass is 420 g/mol. The fourth-order valence-corrected chi connectivity index (χ4v) is 4.97. The van der Waals surface area contributed by atoms with Crippen molar-refractivity contribution in [2.75, 3.05) is 13.2 Å². The summed E-state index contributed by atoms with van der Waals surface area (Å²) >= 11 is 0. The van der Waals surface area contributed by atoms with Gasteiger partial charge in [-0.05, 0) is 52.3 Å². The van der Waals surface area contributed by atoms with Gasteiger partial charge in [-0.1, -0.05) is 24.6 Å².